The third-order valence-corrected chi connectivity index (χ3v) is 3.26. The summed E-state index contributed by atoms with van der Waals surface area (Å²) in [6, 6.07) is 3.30. The number of benzene rings is 1. The molecular weight excluding hydrogens is 277 g/mol. The first-order valence-corrected chi connectivity index (χ1v) is 6.52. The van der Waals surface area contributed by atoms with E-state index in [1.165, 1.54) is 6.07 Å². The van der Waals surface area contributed by atoms with Gasteiger partial charge in [0.15, 0.2) is 0 Å². The molecule has 0 saturated carbocycles. The predicted octanol–water partition coefficient (Wildman–Crippen LogP) is 4.74. The van der Waals surface area contributed by atoms with Crippen LogP contribution in [0.5, 0.6) is 0 Å². The van der Waals surface area contributed by atoms with Crippen LogP contribution in [-0.4, -0.2) is 12.4 Å². The Hall–Kier alpha value is -1.23. The van der Waals surface area contributed by atoms with Crippen LogP contribution < -0.4 is 5.32 Å². The molecule has 0 amide bonds. The van der Waals surface area contributed by atoms with Gasteiger partial charge in [-0.25, -0.2) is 0 Å². The van der Waals surface area contributed by atoms with Crippen molar-refractivity contribution in [2.24, 2.45) is 4.99 Å². The van der Waals surface area contributed by atoms with Gasteiger partial charge in [-0.05, 0) is 31.0 Å². The van der Waals surface area contributed by atoms with Crippen molar-refractivity contribution in [2.45, 2.75) is 31.9 Å². The minimum Gasteiger partial charge on any atom is -0.343 e. The lowest BCUT2D eigenvalue weighted by molar-refractivity contribution is -0.137. The highest BCUT2D eigenvalue weighted by Crippen LogP contribution is 2.33. The van der Waals surface area contributed by atoms with Crippen LogP contribution in [0.2, 0.25) is 5.02 Å². The van der Waals surface area contributed by atoms with Crippen LogP contribution in [0.3, 0.4) is 0 Å². The van der Waals surface area contributed by atoms with Gasteiger partial charge in [0, 0.05) is 13.0 Å². The molecule has 0 radical (unpaired) electrons. The van der Waals surface area contributed by atoms with Crippen molar-refractivity contribution >= 4 is 23.1 Å². The zero-order valence-corrected chi connectivity index (χ0v) is 11.0. The number of hydrogen-bond acceptors (Lipinski definition) is 2. The van der Waals surface area contributed by atoms with Crippen molar-refractivity contribution in [1.82, 2.24) is 0 Å². The third kappa shape index (κ3) is 3.86. The topological polar surface area (TPSA) is 24.4 Å². The van der Waals surface area contributed by atoms with E-state index in [9.17, 15) is 13.2 Å². The average molecular weight is 291 g/mol. The maximum Gasteiger partial charge on any atom is 0.416 e. The summed E-state index contributed by atoms with van der Waals surface area (Å²) in [5, 5.41) is 3.08. The van der Waals surface area contributed by atoms with Crippen LogP contribution in [0.1, 0.15) is 31.2 Å². The SMILES string of the molecule is FC(F)(F)c1ccc(NC2=NCCCCC2)c(Cl)c1. The molecule has 0 aliphatic carbocycles. The molecule has 19 heavy (non-hydrogen) atoms. The fourth-order valence-electron chi connectivity index (χ4n) is 1.92. The van der Waals surface area contributed by atoms with E-state index in [1.54, 1.807) is 0 Å². The molecule has 1 heterocycles. The molecule has 1 aliphatic rings. The molecule has 104 valence electrons. The number of halogens is 4. The third-order valence-electron chi connectivity index (χ3n) is 2.95. The lowest BCUT2D eigenvalue weighted by Gasteiger charge is -2.12. The highest BCUT2D eigenvalue weighted by molar-refractivity contribution is 6.33. The number of aliphatic imine (C=N–C) groups is 1. The van der Waals surface area contributed by atoms with Gasteiger partial charge in [0.1, 0.15) is 5.84 Å². The van der Waals surface area contributed by atoms with Crippen molar-refractivity contribution < 1.29 is 13.2 Å². The summed E-state index contributed by atoms with van der Waals surface area (Å²) < 4.78 is 37.5. The molecular formula is C13H14ClF3N2. The van der Waals surface area contributed by atoms with Gasteiger partial charge in [-0.2, -0.15) is 13.2 Å². The Morgan fingerprint density at radius 2 is 1.95 bits per heavy atom. The largest absolute Gasteiger partial charge is 0.416 e. The first-order valence-electron chi connectivity index (χ1n) is 6.14. The maximum absolute atomic E-state index is 12.5. The summed E-state index contributed by atoms with van der Waals surface area (Å²) in [7, 11) is 0. The molecule has 0 aromatic heterocycles. The molecule has 0 unspecified atom stereocenters. The number of hydrogen-bond donors (Lipinski definition) is 1. The standard InChI is InChI=1S/C13H14ClF3N2/c14-10-8-9(13(15,16)17)5-6-11(10)19-12-4-2-1-3-7-18-12/h5-6,8H,1-4,7H2,(H,18,19). The van der Waals surface area contributed by atoms with Gasteiger partial charge < -0.3 is 5.32 Å². The Bertz CT molecular complexity index is 483. The highest BCUT2D eigenvalue weighted by Gasteiger charge is 2.30. The lowest BCUT2D eigenvalue weighted by Crippen LogP contribution is -2.12. The van der Waals surface area contributed by atoms with E-state index in [-0.39, 0.29) is 5.02 Å². The van der Waals surface area contributed by atoms with Gasteiger partial charge in [0.2, 0.25) is 0 Å². The molecule has 1 aromatic rings. The number of nitrogens with zero attached hydrogens (tertiary/aromatic N) is 1. The molecule has 6 heteroatoms. The molecule has 0 spiro atoms. The first-order chi connectivity index (χ1) is 8.97. The summed E-state index contributed by atoms with van der Waals surface area (Å²) >= 11 is 5.88. The highest BCUT2D eigenvalue weighted by atomic mass is 35.5. The quantitative estimate of drug-likeness (QED) is 0.793. The number of amidine groups is 1. The van der Waals surface area contributed by atoms with E-state index < -0.39 is 11.7 Å². The molecule has 0 fully saturated rings. The van der Waals surface area contributed by atoms with Crippen LogP contribution in [0.4, 0.5) is 18.9 Å². The van der Waals surface area contributed by atoms with Gasteiger partial charge in [-0.3, -0.25) is 4.99 Å². The molecule has 0 bridgehead atoms. The van der Waals surface area contributed by atoms with Crippen LogP contribution in [-0.2, 0) is 6.18 Å². The fraction of sp³-hybridized carbons (Fsp3) is 0.462. The van der Waals surface area contributed by atoms with Crippen molar-refractivity contribution in [3.05, 3.63) is 28.8 Å². The Morgan fingerprint density at radius 1 is 1.16 bits per heavy atom. The average Bonchev–Trinajstić information content (AvgIpc) is 2.59. The summed E-state index contributed by atoms with van der Waals surface area (Å²) in [6.07, 6.45) is -0.370. The van der Waals surface area contributed by atoms with Crippen molar-refractivity contribution in [1.29, 1.82) is 0 Å². The summed E-state index contributed by atoms with van der Waals surface area (Å²) in [4.78, 5) is 4.36. The van der Waals surface area contributed by atoms with Crippen molar-refractivity contribution in [3.63, 3.8) is 0 Å². The Morgan fingerprint density at radius 3 is 2.63 bits per heavy atom. The number of alkyl halides is 3. The summed E-state index contributed by atoms with van der Waals surface area (Å²) in [5.41, 5.74) is -0.277. The molecule has 0 saturated heterocycles. The lowest BCUT2D eigenvalue weighted by atomic mass is 10.2. The second-order valence-electron chi connectivity index (χ2n) is 4.46. The Labute approximate surface area is 114 Å². The fourth-order valence-corrected chi connectivity index (χ4v) is 2.15. The molecule has 2 nitrogen and oxygen atoms in total. The Balaban J connectivity index is 2.15. The molecule has 2 rings (SSSR count). The number of nitrogens with one attached hydrogen (secondary N) is 1. The van der Waals surface area contributed by atoms with Gasteiger partial charge in [-0.15, -0.1) is 0 Å². The van der Waals surface area contributed by atoms with Gasteiger partial charge >= 0.3 is 6.18 Å². The minimum absolute atomic E-state index is 0.0572. The van der Waals surface area contributed by atoms with E-state index in [0.29, 0.717) is 5.69 Å². The summed E-state index contributed by atoms with van der Waals surface area (Å²) in [6.45, 7) is 0.751. The van der Waals surface area contributed by atoms with E-state index in [1.807, 2.05) is 0 Å². The van der Waals surface area contributed by atoms with Crippen LogP contribution in [0.15, 0.2) is 23.2 Å². The first kappa shape index (κ1) is 14.2. The smallest absolute Gasteiger partial charge is 0.343 e. The van der Waals surface area contributed by atoms with Crippen molar-refractivity contribution in [3.8, 4) is 0 Å². The molecule has 1 aliphatic heterocycles. The normalized spacial score (nSPS) is 16.7. The van der Waals surface area contributed by atoms with Crippen LogP contribution in [0.25, 0.3) is 0 Å². The second-order valence-corrected chi connectivity index (χ2v) is 4.86. The predicted molar refractivity (Wildman–Crippen MR) is 70.8 cm³/mol. The van der Waals surface area contributed by atoms with Gasteiger partial charge in [0.25, 0.3) is 0 Å². The van der Waals surface area contributed by atoms with Crippen LogP contribution >= 0.6 is 11.6 Å². The molecule has 1 N–H and O–H groups in total. The second kappa shape index (κ2) is 5.82. The minimum atomic E-state index is -4.37. The molecule has 1 aromatic carbocycles. The van der Waals surface area contributed by atoms with E-state index >= 15 is 0 Å². The van der Waals surface area contributed by atoms with Crippen molar-refractivity contribution in [2.75, 3.05) is 11.9 Å². The maximum atomic E-state index is 12.5. The van der Waals surface area contributed by atoms with Crippen LogP contribution in [0, 0.1) is 0 Å². The van der Waals surface area contributed by atoms with Gasteiger partial charge in [0.05, 0.1) is 16.3 Å². The van der Waals surface area contributed by atoms with E-state index in [2.05, 4.69) is 10.3 Å². The number of rotatable bonds is 1. The zero-order valence-electron chi connectivity index (χ0n) is 10.2. The number of anilines is 1. The molecule has 0 atom stereocenters. The zero-order chi connectivity index (χ0) is 13.9. The van der Waals surface area contributed by atoms with E-state index in [4.69, 9.17) is 11.6 Å². The summed E-state index contributed by atoms with van der Waals surface area (Å²) in [5.74, 6) is 0.791. The van der Waals surface area contributed by atoms with E-state index in [0.717, 1.165) is 50.2 Å². The van der Waals surface area contributed by atoms with Gasteiger partial charge in [-0.1, -0.05) is 18.0 Å². The Kier molecular flexibility index (Phi) is 4.34. The monoisotopic (exact) mass is 290 g/mol.